The zero-order valence-corrected chi connectivity index (χ0v) is 28.4. The van der Waals surface area contributed by atoms with Crippen molar-refractivity contribution in [3.63, 3.8) is 0 Å². The van der Waals surface area contributed by atoms with E-state index in [1.54, 1.807) is 0 Å². The van der Waals surface area contributed by atoms with Gasteiger partial charge in [-0.1, -0.05) is 124 Å². The van der Waals surface area contributed by atoms with Crippen LogP contribution in [-0.2, 0) is 12.8 Å². The molecule has 0 spiro atoms. The maximum atomic E-state index is 2.44. The molecule has 4 rings (SSSR count). The normalized spacial score (nSPS) is 11.3. The van der Waals surface area contributed by atoms with E-state index in [0.29, 0.717) is 0 Å². The van der Waals surface area contributed by atoms with Gasteiger partial charge >= 0.3 is 0 Å². The number of hydrogen-bond donors (Lipinski definition) is 0. The number of benzene rings is 4. The second-order valence-electron chi connectivity index (χ2n) is 11.9. The van der Waals surface area contributed by atoms with E-state index in [1.807, 2.05) is 23.5 Å². The molecule has 0 fully saturated rings. The van der Waals surface area contributed by atoms with Crippen LogP contribution in [0.4, 0.5) is 0 Å². The predicted octanol–water partition coefficient (Wildman–Crippen LogP) is 13.1. The van der Waals surface area contributed by atoms with Crippen LogP contribution in [0.15, 0.2) is 92.4 Å². The minimum absolute atomic E-state index is 1.16. The summed E-state index contributed by atoms with van der Waals surface area (Å²) in [6.45, 7) is 13.6. The molecule has 2 heteroatoms. The fraction of sp³-hybridized carbons (Fsp3) is 0.400. The van der Waals surface area contributed by atoms with Crippen LogP contribution in [0.2, 0.25) is 0 Å². The Morgan fingerprint density at radius 2 is 0.810 bits per heavy atom. The Balaban J connectivity index is 1.67. The standard InChI is InChI=1S/C40H50S2/c1-7-9-11-13-19-33-25-29(3)31(5)27-39(33)41-37-23-17-15-21-35(37)36-22-16-18-24-38(36)42-40-28-32(6)30(4)26-34(40)20-14-12-10-8-2/h15-18,21-28H,7-14,19-20H2,1-6H3. The van der Waals surface area contributed by atoms with Crippen molar-refractivity contribution in [2.75, 3.05) is 0 Å². The molecule has 0 aliphatic heterocycles. The molecule has 0 saturated carbocycles. The van der Waals surface area contributed by atoms with Gasteiger partial charge in [-0.15, -0.1) is 0 Å². The summed E-state index contributed by atoms with van der Waals surface area (Å²) in [6.07, 6.45) is 12.7. The lowest BCUT2D eigenvalue weighted by atomic mass is 10.0. The number of aryl methyl sites for hydroxylation is 6. The van der Waals surface area contributed by atoms with E-state index >= 15 is 0 Å². The van der Waals surface area contributed by atoms with Crippen LogP contribution < -0.4 is 0 Å². The molecular weight excluding hydrogens is 545 g/mol. The summed E-state index contributed by atoms with van der Waals surface area (Å²) in [5, 5.41) is 0. The van der Waals surface area contributed by atoms with E-state index in [2.05, 4.69) is 114 Å². The molecule has 4 aromatic rings. The molecule has 0 atom stereocenters. The van der Waals surface area contributed by atoms with Crippen LogP contribution in [0, 0.1) is 27.7 Å². The van der Waals surface area contributed by atoms with Crippen molar-refractivity contribution in [2.24, 2.45) is 0 Å². The Hall–Kier alpha value is -2.42. The van der Waals surface area contributed by atoms with Crippen LogP contribution in [-0.4, -0.2) is 0 Å². The molecule has 0 aromatic heterocycles. The second-order valence-corrected chi connectivity index (χ2v) is 14.1. The van der Waals surface area contributed by atoms with Gasteiger partial charge in [0.15, 0.2) is 0 Å². The first-order chi connectivity index (χ1) is 20.4. The third kappa shape index (κ3) is 8.80. The van der Waals surface area contributed by atoms with Crippen LogP contribution in [0.5, 0.6) is 0 Å². The monoisotopic (exact) mass is 594 g/mol. The van der Waals surface area contributed by atoms with Gasteiger partial charge in [0.1, 0.15) is 0 Å². The van der Waals surface area contributed by atoms with Crippen molar-refractivity contribution in [1.82, 2.24) is 0 Å². The lowest BCUT2D eigenvalue weighted by Gasteiger charge is -2.18. The fourth-order valence-electron chi connectivity index (χ4n) is 5.56. The quantitative estimate of drug-likeness (QED) is 0.126. The van der Waals surface area contributed by atoms with Crippen molar-refractivity contribution in [1.29, 1.82) is 0 Å². The zero-order valence-electron chi connectivity index (χ0n) is 26.8. The average Bonchev–Trinajstić information content (AvgIpc) is 2.99. The first kappa shape index (κ1) is 32.5. The van der Waals surface area contributed by atoms with Gasteiger partial charge in [-0.2, -0.15) is 0 Å². The number of unbranched alkanes of at least 4 members (excludes halogenated alkanes) is 6. The van der Waals surface area contributed by atoms with E-state index in [0.717, 1.165) is 12.8 Å². The molecule has 0 saturated heterocycles. The van der Waals surface area contributed by atoms with Gasteiger partial charge < -0.3 is 0 Å². The molecule has 4 aromatic carbocycles. The van der Waals surface area contributed by atoms with Gasteiger partial charge in [-0.05, 0) is 122 Å². The Bertz CT molecular complexity index is 1340. The Kier molecular flexibility index (Phi) is 12.7. The first-order valence-electron chi connectivity index (χ1n) is 16.2. The highest BCUT2D eigenvalue weighted by molar-refractivity contribution is 8.00. The van der Waals surface area contributed by atoms with Crippen LogP contribution in [0.25, 0.3) is 11.1 Å². The third-order valence-corrected chi connectivity index (χ3v) is 10.8. The first-order valence-corrected chi connectivity index (χ1v) is 17.8. The van der Waals surface area contributed by atoms with E-state index in [-0.39, 0.29) is 0 Å². The fourth-order valence-corrected chi connectivity index (χ4v) is 7.96. The summed E-state index contributed by atoms with van der Waals surface area (Å²) in [7, 11) is 0. The van der Waals surface area contributed by atoms with Crippen LogP contribution >= 0.6 is 23.5 Å². The maximum Gasteiger partial charge on any atom is 0.0201 e. The molecule has 0 aliphatic rings. The Morgan fingerprint density at radius 3 is 1.21 bits per heavy atom. The van der Waals surface area contributed by atoms with E-state index in [4.69, 9.17) is 0 Å². The molecule has 0 unspecified atom stereocenters. The van der Waals surface area contributed by atoms with Crippen molar-refractivity contribution >= 4 is 23.5 Å². The smallest absolute Gasteiger partial charge is 0.0201 e. The summed E-state index contributed by atoms with van der Waals surface area (Å²) < 4.78 is 0. The van der Waals surface area contributed by atoms with Gasteiger partial charge in [0.25, 0.3) is 0 Å². The Labute approximate surface area is 265 Å². The van der Waals surface area contributed by atoms with Crippen molar-refractivity contribution in [2.45, 2.75) is 125 Å². The minimum atomic E-state index is 1.16. The SMILES string of the molecule is CCCCCCc1cc(C)c(C)cc1Sc1ccccc1-c1ccccc1Sc1cc(C)c(C)cc1CCCCCC. The topological polar surface area (TPSA) is 0 Å². The molecule has 222 valence electrons. The van der Waals surface area contributed by atoms with Gasteiger partial charge in [-0.3, -0.25) is 0 Å². The van der Waals surface area contributed by atoms with Crippen molar-refractivity contribution in [3.8, 4) is 11.1 Å². The van der Waals surface area contributed by atoms with E-state index in [1.165, 1.54) is 115 Å². The van der Waals surface area contributed by atoms with Crippen LogP contribution in [0.3, 0.4) is 0 Å². The lowest BCUT2D eigenvalue weighted by Crippen LogP contribution is -1.95. The molecular formula is C40H50S2. The highest BCUT2D eigenvalue weighted by atomic mass is 32.2. The van der Waals surface area contributed by atoms with Gasteiger partial charge in [0.2, 0.25) is 0 Å². The zero-order chi connectivity index (χ0) is 29.9. The molecule has 0 radical (unpaired) electrons. The van der Waals surface area contributed by atoms with Crippen molar-refractivity contribution < 1.29 is 0 Å². The average molecular weight is 595 g/mol. The van der Waals surface area contributed by atoms with Gasteiger partial charge in [-0.25, -0.2) is 0 Å². The van der Waals surface area contributed by atoms with Gasteiger partial charge in [0, 0.05) is 19.6 Å². The number of hydrogen-bond acceptors (Lipinski definition) is 2. The van der Waals surface area contributed by atoms with Crippen LogP contribution in [0.1, 0.15) is 98.6 Å². The molecule has 0 nitrogen and oxygen atoms in total. The lowest BCUT2D eigenvalue weighted by molar-refractivity contribution is 0.663. The van der Waals surface area contributed by atoms with E-state index in [9.17, 15) is 0 Å². The molecule has 0 aliphatic carbocycles. The Morgan fingerprint density at radius 1 is 0.429 bits per heavy atom. The highest BCUT2D eigenvalue weighted by Crippen LogP contribution is 2.44. The summed E-state index contributed by atoms with van der Waals surface area (Å²) >= 11 is 3.90. The second kappa shape index (κ2) is 16.4. The summed E-state index contributed by atoms with van der Waals surface area (Å²) in [5.41, 5.74) is 11.2. The summed E-state index contributed by atoms with van der Waals surface area (Å²) in [6, 6.07) is 27.8. The van der Waals surface area contributed by atoms with E-state index < -0.39 is 0 Å². The maximum absolute atomic E-state index is 2.44. The summed E-state index contributed by atoms with van der Waals surface area (Å²) in [5.74, 6) is 0. The molecule has 0 bridgehead atoms. The summed E-state index contributed by atoms with van der Waals surface area (Å²) in [4.78, 5) is 5.50. The number of rotatable bonds is 15. The molecule has 42 heavy (non-hydrogen) atoms. The van der Waals surface area contributed by atoms with Crippen molar-refractivity contribution in [3.05, 3.63) is 106 Å². The molecule has 0 heterocycles. The highest BCUT2D eigenvalue weighted by Gasteiger charge is 2.16. The predicted molar refractivity (Wildman–Crippen MR) is 188 cm³/mol. The largest absolute Gasteiger partial charge is 0.0891 e. The molecule has 0 N–H and O–H groups in total. The molecule has 0 amide bonds. The third-order valence-electron chi connectivity index (χ3n) is 8.46. The van der Waals surface area contributed by atoms with Gasteiger partial charge in [0.05, 0.1) is 0 Å². The minimum Gasteiger partial charge on any atom is -0.0891 e.